The van der Waals surface area contributed by atoms with Gasteiger partial charge in [-0.1, -0.05) is 12.1 Å². The minimum Gasteiger partial charge on any atom is -0.481 e. The van der Waals surface area contributed by atoms with Crippen molar-refractivity contribution in [2.24, 2.45) is 0 Å². The zero-order valence-corrected chi connectivity index (χ0v) is 11.3. The lowest BCUT2D eigenvalue weighted by Gasteiger charge is -2.17. The number of benzene rings is 1. The Morgan fingerprint density at radius 1 is 1.30 bits per heavy atom. The zero-order valence-electron chi connectivity index (χ0n) is 11.3. The van der Waals surface area contributed by atoms with Crippen LogP contribution in [0.4, 0.5) is 10.5 Å². The summed E-state index contributed by atoms with van der Waals surface area (Å²) in [6.45, 7) is -0.0584. The van der Waals surface area contributed by atoms with Gasteiger partial charge in [0.05, 0.1) is 6.42 Å². The summed E-state index contributed by atoms with van der Waals surface area (Å²) in [5.74, 6) is -1.22. The van der Waals surface area contributed by atoms with Gasteiger partial charge in [-0.05, 0) is 17.7 Å². The fourth-order valence-electron chi connectivity index (χ4n) is 1.52. The van der Waals surface area contributed by atoms with Crippen LogP contribution in [0.25, 0.3) is 0 Å². The van der Waals surface area contributed by atoms with Crippen molar-refractivity contribution in [1.29, 1.82) is 0 Å². The van der Waals surface area contributed by atoms with Crippen LogP contribution in [0.2, 0.25) is 0 Å². The van der Waals surface area contributed by atoms with Crippen LogP contribution in [-0.2, 0) is 16.0 Å². The van der Waals surface area contributed by atoms with Crippen molar-refractivity contribution < 1.29 is 19.5 Å². The molecule has 0 heterocycles. The molecule has 1 rings (SSSR count). The van der Waals surface area contributed by atoms with Crippen LogP contribution in [0.3, 0.4) is 0 Å². The maximum Gasteiger partial charge on any atom is 0.322 e. The highest BCUT2D eigenvalue weighted by Gasteiger charge is 2.12. The monoisotopic (exact) mass is 279 g/mol. The summed E-state index contributed by atoms with van der Waals surface area (Å²) < 4.78 is 0. The Labute approximate surface area is 116 Å². The Morgan fingerprint density at radius 2 is 2.00 bits per heavy atom. The lowest BCUT2D eigenvalue weighted by Crippen LogP contribution is -2.39. The number of rotatable bonds is 5. The highest BCUT2D eigenvalue weighted by Crippen LogP contribution is 2.11. The molecule has 0 bridgehead atoms. The molecular formula is C13H17N3O4. The molecular weight excluding hydrogens is 262 g/mol. The van der Waals surface area contributed by atoms with E-state index in [2.05, 4.69) is 10.6 Å². The average molecular weight is 279 g/mol. The highest BCUT2D eigenvalue weighted by atomic mass is 16.4. The standard InChI is InChI=1S/C13H17N3O4/c1-14-11(17)8-16(2)13(20)15-10-5-3-4-9(6-10)7-12(18)19/h3-6H,7-8H2,1-2H3,(H,14,17)(H,15,20)(H,18,19). The first kappa shape index (κ1) is 15.5. The second-order valence-corrected chi connectivity index (χ2v) is 4.23. The molecule has 0 aliphatic carbocycles. The van der Waals surface area contributed by atoms with E-state index >= 15 is 0 Å². The Balaban J connectivity index is 2.65. The molecule has 0 spiro atoms. The molecule has 0 saturated heterocycles. The van der Waals surface area contributed by atoms with Crippen molar-refractivity contribution >= 4 is 23.6 Å². The third-order valence-electron chi connectivity index (χ3n) is 2.54. The Kier molecular flexibility index (Phi) is 5.52. The molecule has 7 nitrogen and oxygen atoms in total. The van der Waals surface area contributed by atoms with Crippen LogP contribution in [0.15, 0.2) is 24.3 Å². The van der Waals surface area contributed by atoms with Crippen molar-refractivity contribution in [3.05, 3.63) is 29.8 Å². The first-order chi connectivity index (χ1) is 9.42. The second-order valence-electron chi connectivity index (χ2n) is 4.23. The summed E-state index contributed by atoms with van der Waals surface area (Å²) in [7, 11) is 2.98. The van der Waals surface area contributed by atoms with Crippen molar-refractivity contribution in [2.75, 3.05) is 26.0 Å². The van der Waals surface area contributed by atoms with E-state index in [0.29, 0.717) is 11.3 Å². The van der Waals surface area contributed by atoms with E-state index in [1.165, 1.54) is 19.0 Å². The largest absolute Gasteiger partial charge is 0.481 e. The van der Waals surface area contributed by atoms with Gasteiger partial charge in [0.25, 0.3) is 0 Å². The van der Waals surface area contributed by atoms with E-state index in [9.17, 15) is 14.4 Å². The van der Waals surface area contributed by atoms with Gasteiger partial charge in [0.2, 0.25) is 5.91 Å². The number of anilines is 1. The number of aliphatic carboxylic acids is 1. The quantitative estimate of drug-likeness (QED) is 0.732. The molecule has 0 aliphatic heterocycles. The minimum absolute atomic E-state index is 0.0584. The van der Waals surface area contributed by atoms with Gasteiger partial charge in [0.15, 0.2) is 0 Å². The molecule has 1 aromatic rings. The highest BCUT2D eigenvalue weighted by molar-refractivity contribution is 5.92. The molecule has 1 aromatic carbocycles. The molecule has 0 aromatic heterocycles. The van der Waals surface area contributed by atoms with Crippen LogP contribution in [0.1, 0.15) is 5.56 Å². The number of nitrogens with zero attached hydrogens (tertiary/aromatic N) is 1. The predicted octanol–water partition coefficient (Wildman–Crippen LogP) is 0.523. The predicted molar refractivity (Wildman–Crippen MR) is 73.5 cm³/mol. The number of carbonyl (C=O) groups is 3. The molecule has 0 atom stereocenters. The van der Waals surface area contributed by atoms with Gasteiger partial charge < -0.3 is 20.6 Å². The van der Waals surface area contributed by atoms with E-state index in [0.717, 1.165) is 0 Å². The smallest absolute Gasteiger partial charge is 0.322 e. The number of urea groups is 1. The van der Waals surface area contributed by atoms with Gasteiger partial charge in [-0.15, -0.1) is 0 Å². The maximum atomic E-state index is 11.8. The van der Waals surface area contributed by atoms with Gasteiger partial charge in [0.1, 0.15) is 6.54 Å². The van der Waals surface area contributed by atoms with E-state index < -0.39 is 12.0 Å². The van der Waals surface area contributed by atoms with Crippen molar-refractivity contribution in [3.63, 3.8) is 0 Å². The van der Waals surface area contributed by atoms with Crippen LogP contribution < -0.4 is 10.6 Å². The molecule has 3 N–H and O–H groups in total. The number of carboxylic acids is 1. The number of carbonyl (C=O) groups excluding carboxylic acids is 2. The first-order valence-corrected chi connectivity index (χ1v) is 5.96. The van der Waals surface area contributed by atoms with Gasteiger partial charge in [-0.2, -0.15) is 0 Å². The third kappa shape index (κ3) is 4.97. The van der Waals surface area contributed by atoms with E-state index in [-0.39, 0.29) is 18.9 Å². The number of carboxylic acid groups (broad SMARTS) is 1. The van der Waals surface area contributed by atoms with E-state index in [1.54, 1.807) is 24.3 Å². The summed E-state index contributed by atoms with van der Waals surface area (Å²) in [6, 6.07) is 6.11. The molecule has 0 fully saturated rings. The third-order valence-corrected chi connectivity index (χ3v) is 2.54. The van der Waals surface area contributed by atoms with Gasteiger partial charge in [-0.3, -0.25) is 9.59 Å². The molecule has 7 heteroatoms. The lowest BCUT2D eigenvalue weighted by molar-refractivity contribution is -0.136. The van der Waals surface area contributed by atoms with Crippen molar-refractivity contribution in [1.82, 2.24) is 10.2 Å². The lowest BCUT2D eigenvalue weighted by atomic mass is 10.1. The second kappa shape index (κ2) is 7.13. The van der Waals surface area contributed by atoms with Crippen LogP contribution in [0.5, 0.6) is 0 Å². The summed E-state index contributed by atoms with van der Waals surface area (Å²) in [5.41, 5.74) is 1.07. The number of hydrogen-bond acceptors (Lipinski definition) is 3. The normalized spacial score (nSPS) is 9.70. The summed E-state index contributed by atoms with van der Waals surface area (Å²) in [6.07, 6.45) is -0.113. The summed E-state index contributed by atoms with van der Waals surface area (Å²) >= 11 is 0. The number of nitrogens with one attached hydrogen (secondary N) is 2. The molecule has 0 aliphatic rings. The Bertz CT molecular complexity index is 516. The van der Waals surface area contributed by atoms with E-state index in [1.807, 2.05) is 0 Å². The average Bonchev–Trinajstić information content (AvgIpc) is 2.38. The SMILES string of the molecule is CNC(=O)CN(C)C(=O)Nc1cccc(CC(=O)O)c1. The van der Waals surface area contributed by atoms with Crippen LogP contribution >= 0.6 is 0 Å². The summed E-state index contributed by atoms with van der Waals surface area (Å²) in [5, 5.41) is 13.7. The molecule has 0 radical (unpaired) electrons. The van der Waals surface area contributed by atoms with Crippen molar-refractivity contribution in [2.45, 2.75) is 6.42 Å². The number of likely N-dealkylation sites (N-methyl/N-ethyl adjacent to an activating group) is 2. The topological polar surface area (TPSA) is 98.7 Å². The Morgan fingerprint density at radius 3 is 2.60 bits per heavy atom. The molecule has 0 saturated carbocycles. The number of hydrogen-bond donors (Lipinski definition) is 3. The molecule has 108 valence electrons. The fourth-order valence-corrected chi connectivity index (χ4v) is 1.52. The van der Waals surface area contributed by atoms with Gasteiger partial charge in [-0.25, -0.2) is 4.79 Å². The van der Waals surface area contributed by atoms with Gasteiger partial charge >= 0.3 is 12.0 Å². The maximum absolute atomic E-state index is 11.8. The van der Waals surface area contributed by atoms with Crippen LogP contribution in [-0.4, -0.2) is 48.6 Å². The minimum atomic E-state index is -0.940. The van der Waals surface area contributed by atoms with Gasteiger partial charge in [0, 0.05) is 19.8 Å². The fraction of sp³-hybridized carbons (Fsp3) is 0.308. The summed E-state index contributed by atoms with van der Waals surface area (Å²) in [4.78, 5) is 34.8. The first-order valence-electron chi connectivity index (χ1n) is 5.96. The van der Waals surface area contributed by atoms with E-state index in [4.69, 9.17) is 5.11 Å². The van der Waals surface area contributed by atoms with Crippen LogP contribution in [0, 0.1) is 0 Å². The van der Waals surface area contributed by atoms with Crippen molar-refractivity contribution in [3.8, 4) is 0 Å². The Hall–Kier alpha value is -2.57. The molecule has 3 amide bonds. The number of amides is 3. The molecule has 20 heavy (non-hydrogen) atoms. The molecule has 0 unspecified atom stereocenters. The zero-order chi connectivity index (χ0) is 15.1.